The van der Waals surface area contributed by atoms with E-state index < -0.39 is 0 Å². The highest BCUT2D eigenvalue weighted by molar-refractivity contribution is 5.44. The maximum atomic E-state index is 5.25. The molecule has 0 saturated carbocycles. The molecule has 106 valence electrons. The number of piperidine rings is 1. The summed E-state index contributed by atoms with van der Waals surface area (Å²) in [6, 6.07) is 5.29. The Hall–Kier alpha value is -1.13. The molecule has 2 rings (SSSR count). The number of nitrogens with zero attached hydrogens (tertiary/aromatic N) is 2. The van der Waals surface area contributed by atoms with Gasteiger partial charge in [-0.1, -0.05) is 6.92 Å². The van der Waals surface area contributed by atoms with E-state index in [1.165, 1.54) is 18.5 Å². The number of anilines is 1. The van der Waals surface area contributed by atoms with Crippen molar-refractivity contribution in [1.29, 1.82) is 0 Å². The van der Waals surface area contributed by atoms with Crippen LogP contribution in [0.15, 0.2) is 24.5 Å². The lowest BCUT2D eigenvalue weighted by molar-refractivity contribution is 0.155. The number of rotatable bonds is 6. The Morgan fingerprint density at radius 3 is 2.63 bits per heavy atom. The fraction of sp³-hybridized carbons (Fsp3) is 0.667. The SMILES string of the molecule is CCC(COC)NC1CCN(c2ccncc2)CC1. The molecular formula is C15H25N3O. The molecule has 4 nitrogen and oxygen atoms in total. The van der Waals surface area contributed by atoms with Crippen LogP contribution in [0, 0.1) is 0 Å². The van der Waals surface area contributed by atoms with Crippen LogP contribution in [-0.4, -0.2) is 43.9 Å². The highest BCUT2D eigenvalue weighted by atomic mass is 16.5. The summed E-state index contributed by atoms with van der Waals surface area (Å²) in [4.78, 5) is 6.51. The van der Waals surface area contributed by atoms with Gasteiger partial charge in [-0.25, -0.2) is 0 Å². The van der Waals surface area contributed by atoms with E-state index in [4.69, 9.17) is 4.74 Å². The van der Waals surface area contributed by atoms with Gasteiger partial charge in [0, 0.05) is 50.4 Å². The van der Waals surface area contributed by atoms with Crippen molar-refractivity contribution in [3.8, 4) is 0 Å². The van der Waals surface area contributed by atoms with Crippen LogP contribution in [0.5, 0.6) is 0 Å². The molecule has 1 aliphatic heterocycles. The zero-order valence-corrected chi connectivity index (χ0v) is 12.0. The number of methoxy groups -OCH3 is 1. The maximum Gasteiger partial charge on any atom is 0.0615 e. The molecule has 4 heteroatoms. The largest absolute Gasteiger partial charge is 0.383 e. The lowest BCUT2D eigenvalue weighted by atomic mass is 10.0. The molecule has 0 aliphatic carbocycles. The number of hydrogen-bond donors (Lipinski definition) is 1. The first-order valence-corrected chi connectivity index (χ1v) is 7.23. The summed E-state index contributed by atoms with van der Waals surface area (Å²) < 4.78 is 5.25. The Bertz CT molecular complexity index is 350. The molecule has 1 unspecified atom stereocenters. The Balaban J connectivity index is 1.79. The van der Waals surface area contributed by atoms with E-state index in [-0.39, 0.29) is 0 Å². The highest BCUT2D eigenvalue weighted by Gasteiger charge is 2.21. The predicted octanol–water partition coefficient (Wildman–Crippen LogP) is 2.06. The average molecular weight is 263 g/mol. The van der Waals surface area contributed by atoms with Crippen molar-refractivity contribution in [2.45, 2.75) is 38.3 Å². The molecule has 1 atom stereocenters. The Kier molecular flexibility index (Phi) is 5.61. The van der Waals surface area contributed by atoms with Gasteiger partial charge in [0.05, 0.1) is 6.61 Å². The van der Waals surface area contributed by atoms with E-state index >= 15 is 0 Å². The van der Waals surface area contributed by atoms with Gasteiger partial charge in [0.2, 0.25) is 0 Å². The molecule has 19 heavy (non-hydrogen) atoms. The molecule has 0 spiro atoms. The fourth-order valence-electron chi connectivity index (χ4n) is 2.68. The molecule has 0 aromatic carbocycles. The second-order valence-corrected chi connectivity index (χ2v) is 5.19. The number of aromatic nitrogens is 1. The van der Waals surface area contributed by atoms with Crippen molar-refractivity contribution in [3.63, 3.8) is 0 Å². The standard InChI is InChI=1S/C15H25N3O/c1-3-13(12-19-2)17-14-6-10-18(11-7-14)15-4-8-16-9-5-15/h4-5,8-9,13-14,17H,3,6-7,10-12H2,1-2H3. The number of pyridine rings is 1. The minimum Gasteiger partial charge on any atom is -0.383 e. The van der Waals surface area contributed by atoms with Crippen LogP contribution in [-0.2, 0) is 4.74 Å². The van der Waals surface area contributed by atoms with Crippen LogP contribution in [0.25, 0.3) is 0 Å². The summed E-state index contributed by atoms with van der Waals surface area (Å²) in [5, 5.41) is 3.71. The molecule has 2 heterocycles. The van der Waals surface area contributed by atoms with Gasteiger partial charge < -0.3 is 15.0 Å². The summed E-state index contributed by atoms with van der Waals surface area (Å²) in [5.41, 5.74) is 1.29. The quantitative estimate of drug-likeness (QED) is 0.852. The molecule has 1 N–H and O–H groups in total. The van der Waals surface area contributed by atoms with E-state index in [0.717, 1.165) is 26.1 Å². The lowest BCUT2D eigenvalue weighted by Gasteiger charge is -2.35. The first-order valence-electron chi connectivity index (χ1n) is 7.23. The van der Waals surface area contributed by atoms with Crippen LogP contribution in [0.2, 0.25) is 0 Å². The van der Waals surface area contributed by atoms with E-state index in [1.54, 1.807) is 7.11 Å². The average Bonchev–Trinajstić information content (AvgIpc) is 2.48. The molecule has 0 amide bonds. The van der Waals surface area contributed by atoms with Crippen molar-refractivity contribution in [1.82, 2.24) is 10.3 Å². The van der Waals surface area contributed by atoms with E-state index in [0.29, 0.717) is 12.1 Å². The predicted molar refractivity (Wildman–Crippen MR) is 78.6 cm³/mol. The van der Waals surface area contributed by atoms with Crippen molar-refractivity contribution < 1.29 is 4.74 Å². The molecule has 0 radical (unpaired) electrons. The van der Waals surface area contributed by atoms with Crippen molar-refractivity contribution in [2.75, 3.05) is 31.7 Å². The van der Waals surface area contributed by atoms with E-state index in [2.05, 4.69) is 34.3 Å². The molecule has 0 bridgehead atoms. The first kappa shape index (κ1) is 14.3. The van der Waals surface area contributed by atoms with Gasteiger partial charge >= 0.3 is 0 Å². The molecular weight excluding hydrogens is 238 g/mol. The van der Waals surface area contributed by atoms with Gasteiger partial charge in [-0.2, -0.15) is 0 Å². The molecule has 1 aromatic heterocycles. The maximum absolute atomic E-state index is 5.25. The molecule has 1 aromatic rings. The smallest absolute Gasteiger partial charge is 0.0615 e. The third-order valence-electron chi connectivity index (χ3n) is 3.85. The van der Waals surface area contributed by atoms with E-state index in [1.807, 2.05) is 12.4 Å². The highest BCUT2D eigenvalue weighted by Crippen LogP contribution is 2.19. The summed E-state index contributed by atoms with van der Waals surface area (Å²) >= 11 is 0. The van der Waals surface area contributed by atoms with Crippen molar-refractivity contribution >= 4 is 5.69 Å². The Morgan fingerprint density at radius 2 is 2.05 bits per heavy atom. The molecule has 1 aliphatic rings. The molecule has 1 fully saturated rings. The van der Waals surface area contributed by atoms with Gasteiger partial charge in [0.1, 0.15) is 0 Å². The third-order valence-corrected chi connectivity index (χ3v) is 3.85. The Labute approximate surface area is 116 Å². The first-order chi connectivity index (χ1) is 9.33. The van der Waals surface area contributed by atoms with Crippen LogP contribution >= 0.6 is 0 Å². The zero-order chi connectivity index (χ0) is 13.5. The number of ether oxygens (including phenoxy) is 1. The second kappa shape index (κ2) is 7.46. The molecule has 1 saturated heterocycles. The topological polar surface area (TPSA) is 37.4 Å². The van der Waals surface area contributed by atoms with E-state index in [9.17, 15) is 0 Å². The number of hydrogen-bond acceptors (Lipinski definition) is 4. The second-order valence-electron chi connectivity index (χ2n) is 5.19. The number of nitrogens with one attached hydrogen (secondary N) is 1. The van der Waals surface area contributed by atoms with Crippen molar-refractivity contribution in [3.05, 3.63) is 24.5 Å². The summed E-state index contributed by atoms with van der Waals surface area (Å²) in [5.74, 6) is 0. The van der Waals surface area contributed by atoms with Crippen LogP contribution in [0.4, 0.5) is 5.69 Å². The Morgan fingerprint density at radius 1 is 1.37 bits per heavy atom. The normalized spacial score (nSPS) is 18.5. The van der Waals surface area contributed by atoms with Gasteiger partial charge in [0.15, 0.2) is 0 Å². The van der Waals surface area contributed by atoms with Crippen molar-refractivity contribution in [2.24, 2.45) is 0 Å². The minimum absolute atomic E-state index is 0.488. The minimum atomic E-state index is 0.488. The van der Waals surface area contributed by atoms with Crippen LogP contribution in [0.1, 0.15) is 26.2 Å². The summed E-state index contributed by atoms with van der Waals surface area (Å²) in [7, 11) is 1.77. The van der Waals surface area contributed by atoms with Crippen LogP contribution < -0.4 is 10.2 Å². The lowest BCUT2D eigenvalue weighted by Crippen LogP contribution is -2.47. The fourth-order valence-corrected chi connectivity index (χ4v) is 2.68. The van der Waals surface area contributed by atoms with Gasteiger partial charge in [-0.3, -0.25) is 4.98 Å². The van der Waals surface area contributed by atoms with Crippen LogP contribution in [0.3, 0.4) is 0 Å². The third kappa shape index (κ3) is 4.18. The summed E-state index contributed by atoms with van der Waals surface area (Å²) in [6.45, 7) is 5.25. The summed E-state index contributed by atoms with van der Waals surface area (Å²) in [6.07, 6.45) is 7.25. The van der Waals surface area contributed by atoms with Gasteiger partial charge in [-0.05, 0) is 31.4 Å². The van der Waals surface area contributed by atoms with Gasteiger partial charge in [-0.15, -0.1) is 0 Å². The monoisotopic (exact) mass is 263 g/mol. The zero-order valence-electron chi connectivity index (χ0n) is 12.0. The van der Waals surface area contributed by atoms with Gasteiger partial charge in [0.25, 0.3) is 0 Å².